The Balaban J connectivity index is 2.21. The first-order chi connectivity index (χ1) is 9.88. The van der Waals surface area contributed by atoms with Gasteiger partial charge in [0.05, 0.1) is 5.69 Å². The number of fused-ring (bicyclic) bond motifs is 1. The molecule has 1 atom stereocenters. The molecule has 0 saturated heterocycles. The van der Waals surface area contributed by atoms with E-state index in [2.05, 4.69) is 10.9 Å². The van der Waals surface area contributed by atoms with Gasteiger partial charge in [-0.3, -0.25) is 30.1 Å². The molecule has 1 aromatic carbocycles. The molecule has 1 aliphatic heterocycles. The highest BCUT2D eigenvalue weighted by atomic mass is 35.5. The monoisotopic (exact) mass is 311 g/mol. The van der Waals surface area contributed by atoms with Crippen LogP contribution in [-0.2, 0) is 14.4 Å². The van der Waals surface area contributed by atoms with Crippen molar-refractivity contribution < 1.29 is 19.1 Å². The van der Waals surface area contributed by atoms with Crippen LogP contribution in [-0.4, -0.2) is 30.4 Å². The van der Waals surface area contributed by atoms with E-state index in [-0.39, 0.29) is 12.5 Å². The Bertz CT molecular complexity index is 605. The van der Waals surface area contributed by atoms with Gasteiger partial charge >= 0.3 is 0 Å². The third kappa shape index (κ3) is 3.43. The van der Waals surface area contributed by atoms with Gasteiger partial charge in [0.2, 0.25) is 5.91 Å². The average molecular weight is 312 g/mol. The number of halogens is 1. The van der Waals surface area contributed by atoms with Gasteiger partial charge in [0.1, 0.15) is 12.3 Å². The highest BCUT2D eigenvalue weighted by Gasteiger charge is 2.32. The summed E-state index contributed by atoms with van der Waals surface area (Å²) in [7, 11) is 0. The van der Waals surface area contributed by atoms with Gasteiger partial charge in [0, 0.05) is 11.9 Å². The van der Waals surface area contributed by atoms with E-state index in [4.69, 9.17) is 16.3 Å². The van der Waals surface area contributed by atoms with Crippen LogP contribution in [0.5, 0.6) is 5.75 Å². The van der Waals surface area contributed by atoms with Crippen molar-refractivity contribution in [2.24, 2.45) is 0 Å². The van der Waals surface area contributed by atoms with Gasteiger partial charge in [-0.2, -0.15) is 0 Å². The van der Waals surface area contributed by atoms with Gasteiger partial charge in [-0.25, -0.2) is 0 Å². The maximum Gasteiger partial charge on any atom is 0.268 e. The van der Waals surface area contributed by atoms with E-state index < -0.39 is 17.9 Å². The molecule has 21 heavy (non-hydrogen) atoms. The fourth-order valence-electron chi connectivity index (χ4n) is 1.88. The van der Waals surface area contributed by atoms with Gasteiger partial charge in [-0.05, 0) is 25.1 Å². The molecular formula is C13H14ClN3O4. The summed E-state index contributed by atoms with van der Waals surface area (Å²) in [6.45, 7) is 2.61. The van der Waals surface area contributed by atoms with Crippen LogP contribution < -0.4 is 20.5 Å². The van der Waals surface area contributed by atoms with E-state index in [0.717, 1.165) is 0 Å². The Morgan fingerprint density at radius 3 is 2.76 bits per heavy atom. The summed E-state index contributed by atoms with van der Waals surface area (Å²) in [5.74, 6) is -0.825. The van der Waals surface area contributed by atoms with Crippen LogP contribution in [0.25, 0.3) is 0 Å². The van der Waals surface area contributed by atoms with Crippen LogP contribution in [0.4, 0.5) is 5.69 Å². The second-order valence-corrected chi connectivity index (χ2v) is 4.96. The Morgan fingerprint density at radius 1 is 1.38 bits per heavy atom. The van der Waals surface area contributed by atoms with Crippen LogP contribution in [0, 0.1) is 0 Å². The highest BCUT2D eigenvalue weighted by molar-refractivity contribution is 6.31. The standard InChI is InChI=1S/C13H14ClN3O4/c1-7-13(20)17(6-12(19)16-15-8(2)18)10-5-9(14)3-4-11(10)21-7/h3-5,7H,6H2,1-2H3,(H,15,18)(H,16,19)/t7-/m1/s1. The zero-order valence-corrected chi connectivity index (χ0v) is 12.2. The molecule has 0 unspecified atom stereocenters. The van der Waals surface area contributed by atoms with E-state index in [1.54, 1.807) is 25.1 Å². The van der Waals surface area contributed by atoms with Crippen molar-refractivity contribution in [2.45, 2.75) is 20.0 Å². The van der Waals surface area contributed by atoms with Gasteiger partial charge in [-0.1, -0.05) is 11.6 Å². The minimum absolute atomic E-state index is 0.250. The molecule has 3 amide bonds. The summed E-state index contributed by atoms with van der Waals surface area (Å²) in [5.41, 5.74) is 4.79. The van der Waals surface area contributed by atoms with E-state index in [1.165, 1.54) is 11.8 Å². The van der Waals surface area contributed by atoms with Crippen molar-refractivity contribution in [2.75, 3.05) is 11.4 Å². The first-order valence-electron chi connectivity index (χ1n) is 6.21. The molecule has 8 heteroatoms. The molecule has 0 fully saturated rings. The lowest BCUT2D eigenvalue weighted by Crippen LogP contribution is -2.51. The van der Waals surface area contributed by atoms with Crippen molar-refractivity contribution in [3.8, 4) is 5.75 Å². The number of ether oxygens (including phenoxy) is 1. The Hall–Kier alpha value is -2.28. The number of hydrogen-bond donors (Lipinski definition) is 2. The van der Waals surface area contributed by atoms with Crippen LogP contribution >= 0.6 is 11.6 Å². The van der Waals surface area contributed by atoms with Crippen LogP contribution in [0.15, 0.2) is 18.2 Å². The van der Waals surface area contributed by atoms with Crippen LogP contribution in [0.1, 0.15) is 13.8 Å². The number of benzene rings is 1. The smallest absolute Gasteiger partial charge is 0.268 e. The van der Waals surface area contributed by atoms with E-state index in [1.807, 2.05) is 0 Å². The molecule has 7 nitrogen and oxygen atoms in total. The molecule has 0 aromatic heterocycles. The molecule has 2 rings (SSSR count). The Labute approximate surface area is 126 Å². The summed E-state index contributed by atoms with van der Waals surface area (Å²) < 4.78 is 5.46. The fraction of sp³-hybridized carbons (Fsp3) is 0.308. The number of carbonyl (C=O) groups excluding carboxylic acids is 3. The number of anilines is 1. The van der Waals surface area contributed by atoms with Gasteiger partial charge in [0.25, 0.3) is 11.8 Å². The topological polar surface area (TPSA) is 87.7 Å². The molecule has 112 valence electrons. The minimum atomic E-state index is -0.702. The van der Waals surface area contributed by atoms with Gasteiger partial charge < -0.3 is 4.74 Å². The number of nitrogens with zero attached hydrogens (tertiary/aromatic N) is 1. The molecule has 1 aromatic rings. The number of nitrogens with one attached hydrogen (secondary N) is 2. The molecule has 1 heterocycles. The average Bonchev–Trinajstić information content (AvgIpc) is 2.42. The molecular weight excluding hydrogens is 298 g/mol. The van der Waals surface area contributed by atoms with Crippen molar-refractivity contribution in [1.82, 2.24) is 10.9 Å². The summed E-state index contributed by atoms with van der Waals surface area (Å²) in [6.07, 6.45) is -0.702. The number of hydrazine groups is 1. The minimum Gasteiger partial charge on any atom is -0.479 e. The lowest BCUT2D eigenvalue weighted by atomic mass is 10.2. The molecule has 0 radical (unpaired) electrons. The summed E-state index contributed by atoms with van der Waals surface area (Å²) >= 11 is 5.91. The van der Waals surface area contributed by atoms with E-state index in [0.29, 0.717) is 16.5 Å². The molecule has 2 N–H and O–H groups in total. The zero-order chi connectivity index (χ0) is 15.6. The maximum absolute atomic E-state index is 12.2. The zero-order valence-electron chi connectivity index (χ0n) is 11.5. The van der Waals surface area contributed by atoms with Crippen molar-refractivity contribution in [3.05, 3.63) is 23.2 Å². The van der Waals surface area contributed by atoms with Crippen molar-refractivity contribution >= 4 is 35.0 Å². The summed E-state index contributed by atoms with van der Waals surface area (Å²) in [4.78, 5) is 36.0. The normalized spacial score (nSPS) is 16.8. The predicted octanol–water partition coefficient (Wildman–Crippen LogP) is 0.621. The highest BCUT2D eigenvalue weighted by Crippen LogP contribution is 2.35. The van der Waals surface area contributed by atoms with Crippen LogP contribution in [0.2, 0.25) is 5.02 Å². The Kier molecular flexibility index (Phi) is 4.32. The number of carbonyl (C=O) groups is 3. The SMILES string of the molecule is CC(=O)NNC(=O)CN1C(=O)[C@@H](C)Oc2ccc(Cl)cc21. The number of amides is 3. The number of rotatable bonds is 2. The first-order valence-corrected chi connectivity index (χ1v) is 6.59. The van der Waals surface area contributed by atoms with E-state index >= 15 is 0 Å². The third-order valence-corrected chi connectivity index (χ3v) is 3.04. The molecule has 0 spiro atoms. The van der Waals surface area contributed by atoms with Gasteiger partial charge in [0.15, 0.2) is 6.10 Å². The third-order valence-electron chi connectivity index (χ3n) is 2.81. The van der Waals surface area contributed by atoms with Crippen LogP contribution in [0.3, 0.4) is 0 Å². The molecule has 0 saturated carbocycles. The second kappa shape index (κ2) is 6.01. The maximum atomic E-state index is 12.2. The van der Waals surface area contributed by atoms with E-state index in [9.17, 15) is 14.4 Å². The second-order valence-electron chi connectivity index (χ2n) is 4.53. The fourth-order valence-corrected chi connectivity index (χ4v) is 2.05. The Morgan fingerprint density at radius 2 is 2.10 bits per heavy atom. The summed E-state index contributed by atoms with van der Waals surface area (Å²) in [6, 6.07) is 4.82. The van der Waals surface area contributed by atoms with Crippen molar-refractivity contribution in [1.29, 1.82) is 0 Å². The predicted molar refractivity (Wildman–Crippen MR) is 75.9 cm³/mol. The lowest BCUT2D eigenvalue weighted by molar-refractivity contribution is -0.129. The number of hydrogen-bond acceptors (Lipinski definition) is 4. The summed E-state index contributed by atoms with van der Waals surface area (Å²) in [5, 5.41) is 0.423. The largest absolute Gasteiger partial charge is 0.479 e. The molecule has 0 bridgehead atoms. The lowest BCUT2D eigenvalue weighted by Gasteiger charge is -2.32. The first kappa shape index (κ1) is 15.1. The van der Waals surface area contributed by atoms with Gasteiger partial charge in [-0.15, -0.1) is 0 Å². The molecule has 1 aliphatic rings. The van der Waals surface area contributed by atoms with Crippen molar-refractivity contribution in [3.63, 3.8) is 0 Å². The molecule has 0 aliphatic carbocycles. The quantitative estimate of drug-likeness (QED) is 0.784.